The molecule has 2 aromatic carbocycles. The molecule has 2 aromatic rings. The Hall–Kier alpha value is -3.42. The largest absolute Gasteiger partial charge is 0.462 e. The van der Waals surface area contributed by atoms with Crippen LogP contribution >= 0.6 is 0 Å². The first-order chi connectivity index (χ1) is 12.7. The highest BCUT2D eigenvalue weighted by atomic mass is 16.6. The van der Waals surface area contributed by atoms with E-state index < -0.39 is 16.8 Å². The van der Waals surface area contributed by atoms with Gasteiger partial charge in [0.2, 0.25) is 0 Å². The Morgan fingerprint density at radius 2 is 1.81 bits per heavy atom. The Balaban J connectivity index is 2.35. The van der Waals surface area contributed by atoms with Gasteiger partial charge in [0, 0.05) is 43.2 Å². The molecule has 8 heteroatoms. The summed E-state index contributed by atoms with van der Waals surface area (Å²) in [4.78, 5) is 36.9. The van der Waals surface area contributed by atoms with E-state index in [-0.39, 0.29) is 23.4 Å². The van der Waals surface area contributed by atoms with Crippen LogP contribution < -0.4 is 10.2 Å². The van der Waals surface area contributed by atoms with Crippen molar-refractivity contribution in [2.45, 2.75) is 13.8 Å². The molecular weight excluding hydrogens is 350 g/mol. The van der Waals surface area contributed by atoms with Crippen molar-refractivity contribution in [3.05, 3.63) is 63.2 Å². The van der Waals surface area contributed by atoms with Gasteiger partial charge in [-0.1, -0.05) is 0 Å². The van der Waals surface area contributed by atoms with Crippen LogP contribution in [0.4, 0.5) is 17.1 Å². The van der Waals surface area contributed by atoms with E-state index in [1.54, 1.807) is 13.0 Å². The molecule has 0 aliphatic rings. The molecular formula is C19H21N3O5. The van der Waals surface area contributed by atoms with Gasteiger partial charge in [0.15, 0.2) is 0 Å². The molecule has 27 heavy (non-hydrogen) atoms. The van der Waals surface area contributed by atoms with E-state index in [0.717, 1.165) is 23.4 Å². The van der Waals surface area contributed by atoms with E-state index in [2.05, 4.69) is 5.32 Å². The highest BCUT2D eigenvalue weighted by Crippen LogP contribution is 2.23. The molecule has 0 unspecified atom stereocenters. The lowest BCUT2D eigenvalue weighted by Gasteiger charge is -2.15. The molecule has 0 saturated heterocycles. The van der Waals surface area contributed by atoms with Crippen molar-refractivity contribution in [3.63, 3.8) is 0 Å². The molecule has 0 aliphatic carbocycles. The van der Waals surface area contributed by atoms with Gasteiger partial charge >= 0.3 is 5.97 Å². The zero-order valence-electron chi connectivity index (χ0n) is 15.6. The van der Waals surface area contributed by atoms with Gasteiger partial charge in [-0.2, -0.15) is 0 Å². The second-order valence-corrected chi connectivity index (χ2v) is 6.09. The number of aryl methyl sites for hydroxylation is 1. The number of hydrogen-bond acceptors (Lipinski definition) is 6. The topological polar surface area (TPSA) is 102 Å². The standard InChI is InChI=1S/C19H21N3O5/c1-5-27-19(24)14-9-13(10-16(11-14)22(25)26)18(23)20-17-7-6-15(21(3)4)8-12(17)2/h6-11H,5H2,1-4H3,(H,20,23). The molecule has 2 rings (SSSR count). The summed E-state index contributed by atoms with van der Waals surface area (Å²) in [5.41, 5.74) is 2.00. The minimum atomic E-state index is -0.721. The smallest absolute Gasteiger partial charge is 0.338 e. The number of hydrogen-bond donors (Lipinski definition) is 1. The predicted molar refractivity (Wildman–Crippen MR) is 103 cm³/mol. The summed E-state index contributed by atoms with van der Waals surface area (Å²) in [7, 11) is 3.82. The lowest BCUT2D eigenvalue weighted by molar-refractivity contribution is -0.384. The minimum Gasteiger partial charge on any atom is -0.462 e. The molecule has 0 radical (unpaired) electrons. The Labute approximate surface area is 156 Å². The van der Waals surface area contributed by atoms with Crippen molar-refractivity contribution in [1.29, 1.82) is 0 Å². The number of non-ortho nitro benzene ring substituents is 1. The molecule has 1 N–H and O–H groups in total. The van der Waals surface area contributed by atoms with E-state index in [0.29, 0.717) is 5.69 Å². The average molecular weight is 371 g/mol. The Morgan fingerprint density at radius 1 is 1.15 bits per heavy atom. The number of nitrogens with zero attached hydrogens (tertiary/aromatic N) is 2. The second-order valence-electron chi connectivity index (χ2n) is 6.09. The molecule has 0 saturated carbocycles. The predicted octanol–water partition coefficient (Wildman–Crippen LogP) is 3.40. The van der Waals surface area contributed by atoms with Gasteiger partial charge in [-0.25, -0.2) is 4.79 Å². The van der Waals surface area contributed by atoms with E-state index in [1.807, 2.05) is 38.1 Å². The number of ether oxygens (including phenoxy) is 1. The number of carbonyl (C=O) groups is 2. The molecule has 8 nitrogen and oxygen atoms in total. The van der Waals surface area contributed by atoms with Gasteiger partial charge < -0.3 is 15.0 Å². The van der Waals surface area contributed by atoms with Gasteiger partial charge in [-0.05, 0) is 43.7 Å². The third-order valence-corrected chi connectivity index (χ3v) is 3.88. The highest BCUT2D eigenvalue weighted by molar-refractivity contribution is 6.06. The fourth-order valence-electron chi connectivity index (χ4n) is 2.44. The van der Waals surface area contributed by atoms with Crippen LogP contribution in [0.3, 0.4) is 0 Å². The molecule has 0 atom stereocenters. The van der Waals surface area contributed by atoms with Crippen molar-refractivity contribution in [1.82, 2.24) is 0 Å². The monoisotopic (exact) mass is 371 g/mol. The summed E-state index contributed by atoms with van der Waals surface area (Å²) >= 11 is 0. The molecule has 0 heterocycles. The molecule has 0 spiro atoms. The Morgan fingerprint density at radius 3 is 2.37 bits per heavy atom. The fraction of sp³-hybridized carbons (Fsp3) is 0.263. The number of nitro benzene ring substituents is 1. The molecule has 1 amide bonds. The Bertz CT molecular complexity index is 893. The van der Waals surface area contributed by atoms with E-state index >= 15 is 0 Å². The fourth-order valence-corrected chi connectivity index (χ4v) is 2.44. The highest BCUT2D eigenvalue weighted by Gasteiger charge is 2.19. The first kappa shape index (κ1) is 19.9. The SMILES string of the molecule is CCOC(=O)c1cc(C(=O)Nc2ccc(N(C)C)cc2C)cc([N+](=O)[O-])c1. The number of nitro groups is 1. The van der Waals surface area contributed by atoms with Gasteiger partial charge in [0.25, 0.3) is 11.6 Å². The Kier molecular flexibility index (Phi) is 6.12. The summed E-state index contributed by atoms with van der Waals surface area (Å²) < 4.78 is 4.87. The number of anilines is 2. The first-order valence-corrected chi connectivity index (χ1v) is 8.29. The minimum absolute atomic E-state index is 0.00309. The van der Waals surface area contributed by atoms with Crippen LogP contribution in [0.25, 0.3) is 0 Å². The number of benzene rings is 2. The summed E-state index contributed by atoms with van der Waals surface area (Å²) in [6, 6.07) is 9.01. The molecule has 0 aromatic heterocycles. The molecule has 142 valence electrons. The summed E-state index contributed by atoms with van der Waals surface area (Å²) in [6.07, 6.45) is 0. The number of rotatable bonds is 6. The van der Waals surface area contributed by atoms with Gasteiger partial charge in [-0.15, -0.1) is 0 Å². The van der Waals surface area contributed by atoms with Crippen LogP contribution in [0.15, 0.2) is 36.4 Å². The maximum atomic E-state index is 12.6. The normalized spacial score (nSPS) is 10.2. The van der Waals surface area contributed by atoms with Crippen molar-refractivity contribution in [3.8, 4) is 0 Å². The van der Waals surface area contributed by atoms with Crippen molar-refractivity contribution in [2.75, 3.05) is 30.9 Å². The third-order valence-electron chi connectivity index (χ3n) is 3.88. The zero-order chi connectivity index (χ0) is 20.1. The van der Waals surface area contributed by atoms with Gasteiger partial charge in [-0.3, -0.25) is 14.9 Å². The lowest BCUT2D eigenvalue weighted by Crippen LogP contribution is -2.15. The number of amides is 1. The zero-order valence-corrected chi connectivity index (χ0v) is 15.6. The summed E-state index contributed by atoms with van der Waals surface area (Å²) in [5, 5.41) is 13.9. The second kappa shape index (κ2) is 8.31. The van der Waals surface area contributed by atoms with Gasteiger partial charge in [0.1, 0.15) is 0 Å². The average Bonchev–Trinajstić information content (AvgIpc) is 2.62. The van der Waals surface area contributed by atoms with Crippen LogP contribution in [0.2, 0.25) is 0 Å². The van der Waals surface area contributed by atoms with Crippen molar-refractivity contribution >= 4 is 28.9 Å². The maximum absolute atomic E-state index is 12.6. The lowest BCUT2D eigenvalue weighted by atomic mass is 10.1. The third kappa shape index (κ3) is 4.81. The number of carbonyl (C=O) groups excluding carboxylic acids is 2. The van der Waals surface area contributed by atoms with Crippen LogP contribution in [-0.4, -0.2) is 37.5 Å². The first-order valence-electron chi connectivity index (χ1n) is 8.29. The van der Waals surface area contributed by atoms with Crippen LogP contribution in [0, 0.1) is 17.0 Å². The van der Waals surface area contributed by atoms with Gasteiger partial charge in [0.05, 0.1) is 17.1 Å². The number of nitrogens with one attached hydrogen (secondary N) is 1. The van der Waals surface area contributed by atoms with Crippen LogP contribution in [0.1, 0.15) is 33.2 Å². The number of esters is 1. The van der Waals surface area contributed by atoms with E-state index in [9.17, 15) is 19.7 Å². The quantitative estimate of drug-likeness (QED) is 0.474. The van der Waals surface area contributed by atoms with Crippen LogP contribution in [0.5, 0.6) is 0 Å². The molecule has 0 bridgehead atoms. The van der Waals surface area contributed by atoms with E-state index in [4.69, 9.17) is 4.74 Å². The molecule has 0 aliphatic heterocycles. The van der Waals surface area contributed by atoms with Crippen molar-refractivity contribution < 1.29 is 19.2 Å². The van der Waals surface area contributed by atoms with Crippen molar-refractivity contribution in [2.24, 2.45) is 0 Å². The maximum Gasteiger partial charge on any atom is 0.338 e. The summed E-state index contributed by atoms with van der Waals surface area (Å²) in [6.45, 7) is 3.60. The molecule has 0 fully saturated rings. The van der Waals surface area contributed by atoms with E-state index in [1.165, 1.54) is 6.07 Å². The van der Waals surface area contributed by atoms with Crippen LogP contribution in [-0.2, 0) is 4.74 Å². The summed E-state index contributed by atoms with van der Waals surface area (Å²) in [5.74, 6) is -1.27.